The first-order valence-electron chi connectivity index (χ1n) is 8.41. The minimum absolute atomic E-state index is 0.0243. The Balaban J connectivity index is 1.95. The zero-order valence-electron chi connectivity index (χ0n) is 14.7. The molecule has 0 aromatic heterocycles. The van der Waals surface area contributed by atoms with Crippen LogP contribution in [0.25, 0.3) is 0 Å². The summed E-state index contributed by atoms with van der Waals surface area (Å²) in [6, 6.07) is 16.4. The van der Waals surface area contributed by atoms with E-state index < -0.39 is 0 Å². The molecule has 132 valence electrons. The summed E-state index contributed by atoms with van der Waals surface area (Å²) in [6.07, 6.45) is 0. The minimum atomic E-state index is -0.146. The van der Waals surface area contributed by atoms with E-state index in [0.29, 0.717) is 34.3 Å². The lowest BCUT2D eigenvalue weighted by Gasteiger charge is -2.21. The molecule has 1 aliphatic heterocycles. The molecule has 1 fully saturated rings. The molecule has 0 unspecified atom stereocenters. The Morgan fingerprint density at radius 3 is 2.92 bits per heavy atom. The molecule has 26 heavy (non-hydrogen) atoms. The van der Waals surface area contributed by atoms with Crippen LogP contribution in [-0.2, 0) is 0 Å². The van der Waals surface area contributed by atoms with E-state index in [0.717, 1.165) is 5.75 Å². The zero-order chi connectivity index (χ0) is 18.5. The van der Waals surface area contributed by atoms with Gasteiger partial charge < -0.3 is 4.74 Å². The first-order chi connectivity index (χ1) is 12.6. The van der Waals surface area contributed by atoms with Gasteiger partial charge >= 0.3 is 0 Å². The second-order valence-corrected chi connectivity index (χ2v) is 6.81. The Labute approximate surface area is 157 Å². The average molecular weight is 365 g/mol. The summed E-state index contributed by atoms with van der Waals surface area (Å²) in [5.41, 5.74) is 1.66. The van der Waals surface area contributed by atoms with E-state index >= 15 is 0 Å². The molecule has 0 radical (unpaired) electrons. The van der Waals surface area contributed by atoms with E-state index in [1.54, 1.807) is 40.9 Å². The molecule has 0 aliphatic carbocycles. The number of para-hydroxylation sites is 2. The second kappa shape index (κ2) is 8.07. The standard InChI is InChI=1S/C20H19N3O2S/c1-3-25-18-10-5-4-9-17(18)22-20-23(14(2)13-26-20)19(24)16-8-6-7-15(11-16)12-21/h4-11,14H,3,13H2,1-2H3/t14-/m1/s1. The number of nitriles is 1. The summed E-state index contributed by atoms with van der Waals surface area (Å²) in [6.45, 7) is 4.47. The Bertz CT molecular complexity index is 889. The quantitative estimate of drug-likeness (QED) is 0.813. The molecular weight excluding hydrogens is 346 g/mol. The van der Waals surface area contributed by atoms with Gasteiger partial charge in [-0.05, 0) is 44.2 Å². The Kier molecular flexibility index (Phi) is 5.59. The van der Waals surface area contributed by atoms with Gasteiger partial charge in [-0.15, -0.1) is 0 Å². The molecule has 1 saturated heterocycles. The largest absolute Gasteiger partial charge is 0.492 e. The number of carbonyl (C=O) groups excluding carboxylic acids is 1. The molecule has 2 aromatic carbocycles. The Hall–Kier alpha value is -2.78. The topological polar surface area (TPSA) is 65.7 Å². The minimum Gasteiger partial charge on any atom is -0.492 e. The van der Waals surface area contributed by atoms with Gasteiger partial charge in [0.15, 0.2) is 5.17 Å². The van der Waals surface area contributed by atoms with E-state index in [1.807, 2.05) is 38.1 Å². The summed E-state index contributed by atoms with van der Waals surface area (Å²) in [4.78, 5) is 19.4. The van der Waals surface area contributed by atoms with Crippen molar-refractivity contribution < 1.29 is 9.53 Å². The van der Waals surface area contributed by atoms with Gasteiger partial charge in [-0.3, -0.25) is 9.69 Å². The lowest BCUT2D eigenvalue weighted by atomic mass is 10.1. The third-order valence-electron chi connectivity index (χ3n) is 3.94. The number of aliphatic imine (C=N–C) groups is 1. The highest BCUT2D eigenvalue weighted by atomic mass is 32.2. The maximum absolute atomic E-state index is 13.0. The van der Waals surface area contributed by atoms with E-state index in [4.69, 9.17) is 15.0 Å². The van der Waals surface area contributed by atoms with Crippen LogP contribution >= 0.6 is 11.8 Å². The number of ether oxygens (including phenoxy) is 1. The molecule has 0 saturated carbocycles. The first-order valence-corrected chi connectivity index (χ1v) is 9.39. The fraction of sp³-hybridized carbons (Fsp3) is 0.250. The van der Waals surface area contributed by atoms with Crippen LogP contribution in [-0.4, -0.2) is 34.4 Å². The normalized spacial score (nSPS) is 18.0. The molecule has 1 atom stereocenters. The molecule has 0 spiro atoms. The molecule has 0 bridgehead atoms. The first kappa shape index (κ1) is 18.0. The van der Waals surface area contributed by atoms with Gasteiger partial charge in [-0.1, -0.05) is 30.0 Å². The van der Waals surface area contributed by atoms with Crippen LogP contribution in [0.3, 0.4) is 0 Å². The molecule has 5 nitrogen and oxygen atoms in total. The molecule has 1 heterocycles. The summed E-state index contributed by atoms with van der Waals surface area (Å²) < 4.78 is 5.63. The molecular formula is C20H19N3O2S. The van der Waals surface area contributed by atoms with Gasteiger partial charge in [0.05, 0.1) is 18.2 Å². The molecule has 1 amide bonds. The van der Waals surface area contributed by atoms with Crippen molar-refractivity contribution in [3.63, 3.8) is 0 Å². The number of thioether (sulfide) groups is 1. The molecule has 6 heteroatoms. The van der Waals surface area contributed by atoms with Crippen molar-refractivity contribution in [2.24, 2.45) is 4.99 Å². The predicted octanol–water partition coefficient (Wildman–Crippen LogP) is 4.22. The lowest BCUT2D eigenvalue weighted by molar-refractivity contribution is 0.0828. The summed E-state index contributed by atoms with van der Waals surface area (Å²) in [5.74, 6) is 1.33. The highest BCUT2D eigenvalue weighted by Gasteiger charge is 2.33. The number of nitrogens with zero attached hydrogens (tertiary/aromatic N) is 3. The number of rotatable bonds is 4. The number of amidine groups is 1. The van der Waals surface area contributed by atoms with E-state index in [-0.39, 0.29) is 11.9 Å². The van der Waals surface area contributed by atoms with Crippen LogP contribution in [0, 0.1) is 11.3 Å². The summed E-state index contributed by atoms with van der Waals surface area (Å²) >= 11 is 1.55. The molecule has 2 aromatic rings. The molecule has 1 aliphatic rings. The van der Waals surface area contributed by atoms with Crippen LogP contribution in [0.5, 0.6) is 5.75 Å². The van der Waals surface area contributed by atoms with Gasteiger partial charge in [0.25, 0.3) is 5.91 Å². The average Bonchev–Trinajstić information content (AvgIpc) is 3.03. The van der Waals surface area contributed by atoms with E-state index in [9.17, 15) is 4.79 Å². The van der Waals surface area contributed by atoms with Crippen molar-refractivity contribution in [3.05, 3.63) is 59.7 Å². The Morgan fingerprint density at radius 1 is 1.35 bits per heavy atom. The fourth-order valence-corrected chi connectivity index (χ4v) is 3.80. The van der Waals surface area contributed by atoms with Gasteiger partial charge in [-0.2, -0.15) is 5.26 Å². The van der Waals surface area contributed by atoms with Crippen LogP contribution in [0.4, 0.5) is 5.69 Å². The van der Waals surface area contributed by atoms with Crippen molar-refractivity contribution in [2.75, 3.05) is 12.4 Å². The summed E-state index contributed by atoms with van der Waals surface area (Å²) in [7, 11) is 0. The number of hydrogen-bond acceptors (Lipinski definition) is 5. The van der Waals surface area contributed by atoms with Crippen LogP contribution < -0.4 is 4.74 Å². The maximum atomic E-state index is 13.0. The highest BCUT2D eigenvalue weighted by Crippen LogP contribution is 2.33. The van der Waals surface area contributed by atoms with Crippen molar-refractivity contribution >= 4 is 28.5 Å². The fourth-order valence-electron chi connectivity index (χ4n) is 2.69. The predicted molar refractivity (Wildman–Crippen MR) is 104 cm³/mol. The number of amides is 1. The van der Waals surface area contributed by atoms with Gasteiger partial charge in [-0.25, -0.2) is 4.99 Å². The van der Waals surface area contributed by atoms with Gasteiger partial charge in [0.1, 0.15) is 11.4 Å². The zero-order valence-corrected chi connectivity index (χ0v) is 15.5. The number of carbonyl (C=O) groups is 1. The third kappa shape index (κ3) is 3.73. The lowest BCUT2D eigenvalue weighted by Crippen LogP contribution is -2.37. The SMILES string of the molecule is CCOc1ccccc1N=C1SC[C@@H](C)N1C(=O)c1cccc(C#N)c1. The van der Waals surface area contributed by atoms with Crippen LogP contribution in [0.1, 0.15) is 29.8 Å². The Morgan fingerprint density at radius 2 is 2.15 bits per heavy atom. The second-order valence-electron chi connectivity index (χ2n) is 5.82. The number of hydrogen-bond donors (Lipinski definition) is 0. The van der Waals surface area contributed by atoms with Crippen LogP contribution in [0.15, 0.2) is 53.5 Å². The van der Waals surface area contributed by atoms with Crippen molar-refractivity contribution in [2.45, 2.75) is 19.9 Å². The monoisotopic (exact) mass is 365 g/mol. The van der Waals surface area contributed by atoms with Crippen molar-refractivity contribution in [3.8, 4) is 11.8 Å². The number of benzene rings is 2. The maximum Gasteiger partial charge on any atom is 0.260 e. The van der Waals surface area contributed by atoms with Crippen molar-refractivity contribution in [1.82, 2.24) is 4.90 Å². The van der Waals surface area contributed by atoms with Gasteiger partial charge in [0.2, 0.25) is 0 Å². The van der Waals surface area contributed by atoms with Crippen molar-refractivity contribution in [1.29, 1.82) is 5.26 Å². The smallest absolute Gasteiger partial charge is 0.260 e. The third-order valence-corrected chi connectivity index (χ3v) is 5.13. The van der Waals surface area contributed by atoms with Gasteiger partial charge in [0, 0.05) is 17.4 Å². The highest BCUT2D eigenvalue weighted by molar-refractivity contribution is 8.14. The van der Waals surface area contributed by atoms with E-state index in [1.165, 1.54) is 0 Å². The molecule has 3 rings (SSSR count). The van der Waals surface area contributed by atoms with Crippen LogP contribution in [0.2, 0.25) is 0 Å². The molecule has 0 N–H and O–H groups in total. The summed E-state index contributed by atoms with van der Waals surface area (Å²) in [5, 5.41) is 9.72. The van der Waals surface area contributed by atoms with E-state index in [2.05, 4.69) is 6.07 Å².